The van der Waals surface area contributed by atoms with Crippen molar-refractivity contribution in [2.24, 2.45) is 0 Å². The van der Waals surface area contributed by atoms with E-state index in [4.69, 9.17) is 19.4 Å². The van der Waals surface area contributed by atoms with Crippen LogP contribution in [-0.2, 0) is 9.47 Å². The van der Waals surface area contributed by atoms with Crippen molar-refractivity contribution in [2.75, 3.05) is 47.2 Å². The summed E-state index contributed by atoms with van der Waals surface area (Å²) >= 11 is 0. The summed E-state index contributed by atoms with van der Waals surface area (Å²) in [7, 11) is 0. The Balaban J connectivity index is 1.21. The summed E-state index contributed by atoms with van der Waals surface area (Å²) in [5.41, 5.74) is 2.18. The number of benzene rings is 1. The Morgan fingerprint density at radius 3 is 2.41 bits per heavy atom. The van der Waals surface area contributed by atoms with E-state index in [9.17, 15) is 4.79 Å². The number of ether oxygens (including phenoxy) is 2. The number of carbonyl (C=O) groups is 1. The van der Waals surface area contributed by atoms with Crippen molar-refractivity contribution in [3.8, 4) is 11.4 Å². The van der Waals surface area contributed by atoms with Crippen LogP contribution in [0.15, 0.2) is 54.9 Å². The molecule has 2 unspecified atom stereocenters. The second kappa shape index (κ2) is 10.7. The molecule has 3 aromatic rings. The van der Waals surface area contributed by atoms with Crippen LogP contribution < -0.4 is 20.9 Å². The maximum Gasteiger partial charge on any atom is 0.323 e. The van der Waals surface area contributed by atoms with Gasteiger partial charge < -0.3 is 30.3 Å². The van der Waals surface area contributed by atoms with Gasteiger partial charge in [0.1, 0.15) is 11.6 Å². The van der Waals surface area contributed by atoms with Gasteiger partial charge in [0.15, 0.2) is 5.82 Å². The third-order valence-corrected chi connectivity index (χ3v) is 6.97. The van der Waals surface area contributed by atoms with Crippen molar-refractivity contribution >= 4 is 29.0 Å². The first-order valence-electron chi connectivity index (χ1n) is 12.9. The van der Waals surface area contributed by atoms with Gasteiger partial charge >= 0.3 is 6.03 Å². The van der Waals surface area contributed by atoms with E-state index in [1.165, 1.54) is 0 Å². The number of morpholine rings is 1. The lowest BCUT2D eigenvalue weighted by atomic mass is 10.1. The molecule has 5 heterocycles. The smallest absolute Gasteiger partial charge is 0.323 e. The van der Waals surface area contributed by atoms with Gasteiger partial charge in [-0.05, 0) is 62.1 Å². The fraction of sp³-hybridized carbons (Fsp3) is 0.407. The largest absolute Gasteiger partial charge is 0.381 e. The number of carbonyl (C=O) groups excluding carboxylic acids is 1. The molecule has 0 radical (unpaired) electrons. The first-order chi connectivity index (χ1) is 18.2. The summed E-state index contributed by atoms with van der Waals surface area (Å²) in [6.45, 7) is 3.22. The Hall–Kier alpha value is -3.76. The van der Waals surface area contributed by atoms with Crippen molar-refractivity contribution in [2.45, 2.75) is 43.9 Å². The molecule has 0 aliphatic carbocycles. The van der Waals surface area contributed by atoms with Gasteiger partial charge in [-0.1, -0.05) is 0 Å². The van der Waals surface area contributed by atoms with Gasteiger partial charge in [-0.25, -0.2) is 14.8 Å². The van der Waals surface area contributed by atoms with Crippen LogP contribution in [0.25, 0.3) is 11.4 Å². The molecule has 0 saturated carbocycles. The molecule has 10 nitrogen and oxygen atoms in total. The number of pyridine rings is 1. The average Bonchev–Trinajstić information content (AvgIpc) is 3.27. The molecule has 2 atom stereocenters. The lowest BCUT2D eigenvalue weighted by molar-refractivity contribution is 0.0302. The minimum atomic E-state index is -0.330. The summed E-state index contributed by atoms with van der Waals surface area (Å²) < 4.78 is 11.6. The van der Waals surface area contributed by atoms with Crippen LogP contribution in [0.2, 0.25) is 0 Å². The molecule has 192 valence electrons. The number of fused-ring (bicyclic) bond motifs is 2. The van der Waals surface area contributed by atoms with Crippen molar-refractivity contribution in [3.05, 3.63) is 54.9 Å². The van der Waals surface area contributed by atoms with Crippen molar-refractivity contribution < 1.29 is 14.3 Å². The highest BCUT2D eigenvalue weighted by Gasteiger charge is 2.34. The molecule has 37 heavy (non-hydrogen) atoms. The molecule has 2 amide bonds. The molecule has 2 bridgehead atoms. The molecule has 0 spiro atoms. The zero-order chi connectivity index (χ0) is 25.0. The van der Waals surface area contributed by atoms with Gasteiger partial charge in [-0.2, -0.15) is 0 Å². The lowest BCUT2D eigenvalue weighted by Gasteiger charge is -2.33. The zero-order valence-corrected chi connectivity index (χ0v) is 20.6. The standard InChI is InChI=1S/C27H31N7O3/c35-27(31-21-2-1-11-28-15-21)30-19-5-3-18(4-6-19)26-32-24(29-20-9-12-36-13-10-20)14-25(33-26)34-16-22-7-8-23(17-34)37-22/h1-6,11,14-15,20,22-23H,7-10,12-13,16-17H2,(H,29,32,33)(H2,30,31,35). The number of hydrogen-bond acceptors (Lipinski definition) is 8. The number of rotatable bonds is 6. The first kappa shape index (κ1) is 23.6. The summed E-state index contributed by atoms with van der Waals surface area (Å²) in [5, 5.41) is 9.23. The molecule has 3 N–H and O–H groups in total. The molecule has 2 aromatic heterocycles. The molecule has 3 aliphatic heterocycles. The summed E-state index contributed by atoms with van der Waals surface area (Å²) in [4.78, 5) is 28.5. The van der Waals surface area contributed by atoms with Crippen LogP contribution in [0.1, 0.15) is 25.7 Å². The normalized spacial score (nSPS) is 21.5. The molecular weight excluding hydrogens is 470 g/mol. The van der Waals surface area contributed by atoms with E-state index in [1.807, 2.05) is 24.3 Å². The highest BCUT2D eigenvalue weighted by Crippen LogP contribution is 2.31. The van der Waals surface area contributed by atoms with E-state index in [-0.39, 0.29) is 18.2 Å². The highest BCUT2D eigenvalue weighted by molar-refractivity contribution is 5.99. The monoisotopic (exact) mass is 501 g/mol. The van der Waals surface area contributed by atoms with Crippen LogP contribution in [-0.4, -0.2) is 65.5 Å². The fourth-order valence-corrected chi connectivity index (χ4v) is 5.09. The van der Waals surface area contributed by atoms with Crippen LogP contribution in [0, 0.1) is 0 Å². The maximum absolute atomic E-state index is 12.3. The third-order valence-electron chi connectivity index (χ3n) is 6.97. The van der Waals surface area contributed by atoms with Gasteiger partial charge in [-0.15, -0.1) is 0 Å². The SMILES string of the molecule is O=C(Nc1ccc(-c2nc(NC3CCOCC3)cc(N3CC4CCC(C3)O4)n2)cc1)Nc1cccnc1. The predicted molar refractivity (Wildman–Crippen MR) is 142 cm³/mol. The quantitative estimate of drug-likeness (QED) is 0.462. The van der Waals surface area contributed by atoms with Crippen molar-refractivity contribution in [1.29, 1.82) is 0 Å². The first-order valence-corrected chi connectivity index (χ1v) is 12.9. The van der Waals surface area contributed by atoms with E-state index >= 15 is 0 Å². The van der Waals surface area contributed by atoms with E-state index in [1.54, 1.807) is 24.5 Å². The molecular formula is C27H31N7O3. The van der Waals surface area contributed by atoms with Gasteiger partial charge in [-0.3, -0.25) is 4.98 Å². The minimum absolute atomic E-state index is 0.271. The number of amides is 2. The lowest BCUT2D eigenvalue weighted by Crippen LogP contribution is -2.43. The van der Waals surface area contributed by atoms with Crippen LogP contribution in [0.4, 0.5) is 27.8 Å². The van der Waals surface area contributed by atoms with E-state index in [0.29, 0.717) is 23.2 Å². The fourth-order valence-electron chi connectivity index (χ4n) is 5.09. The number of hydrogen-bond donors (Lipinski definition) is 3. The molecule has 3 saturated heterocycles. The average molecular weight is 502 g/mol. The Morgan fingerprint density at radius 2 is 1.68 bits per heavy atom. The maximum atomic E-state index is 12.3. The molecule has 10 heteroatoms. The topological polar surface area (TPSA) is 114 Å². The van der Waals surface area contributed by atoms with Gasteiger partial charge in [0, 0.05) is 55.9 Å². The highest BCUT2D eigenvalue weighted by atomic mass is 16.5. The molecule has 3 fully saturated rings. The van der Waals surface area contributed by atoms with Gasteiger partial charge in [0.2, 0.25) is 0 Å². The molecule has 3 aliphatic rings. The number of aromatic nitrogens is 3. The number of nitrogens with one attached hydrogen (secondary N) is 3. The predicted octanol–water partition coefficient (Wildman–Crippen LogP) is 4.14. The summed E-state index contributed by atoms with van der Waals surface area (Å²) in [6.07, 6.45) is 7.92. The Kier molecular flexibility index (Phi) is 6.83. The number of nitrogens with zero attached hydrogens (tertiary/aromatic N) is 4. The second-order valence-electron chi connectivity index (χ2n) is 9.73. The van der Waals surface area contributed by atoms with Crippen molar-refractivity contribution in [3.63, 3.8) is 0 Å². The second-order valence-corrected chi connectivity index (χ2v) is 9.73. The van der Waals surface area contributed by atoms with Crippen LogP contribution >= 0.6 is 0 Å². The Morgan fingerprint density at radius 1 is 0.919 bits per heavy atom. The molecule has 1 aromatic carbocycles. The molecule has 6 rings (SSSR count). The van der Waals surface area contributed by atoms with E-state index in [2.05, 4.69) is 31.9 Å². The third kappa shape index (κ3) is 5.81. The van der Waals surface area contributed by atoms with Crippen LogP contribution in [0.5, 0.6) is 0 Å². The van der Waals surface area contributed by atoms with E-state index < -0.39 is 0 Å². The Labute approximate surface area is 215 Å². The summed E-state index contributed by atoms with van der Waals surface area (Å²) in [5.74, 6) is 2.39. The van der Waals surface area contributed by atoms with Gasteiger partial charge in [0.05, 0.1) is 24.1 Å². The van der Waals surface area contributed by atoms with E-state index in [0.717, 1.165) is 69.2 Å². The van der Waals surface area contributed by atoms with Crippen molar-refractivity contribution in [1.82, 2.24) is 15.0 Å². The van der Waals surface area contributed by atoms with Gasteiger partial charge in [0.25, 0.3) is 0 Å². The Bertz CT molecular complexity index is 1210. The van der Waals surface area contributed by atoms with Crippen LogP contribution in [0.3, 0.4) is 0 Å². The number of urea groups is 1. The summed E-state index contributed by atoms with van der Waals surface area (Å²) in [6, 6.07) is 13.2. The zero-order valence-electron chi connectivity index (χ0n) is 20.6. The number of anilines is 4. The minimum Gasteiger partial charge on any atom is -0.381 e.